The summed E-state index contributed by atoms with van der Waals surface area (Å²) in [5.74, 6) is 1.61. The molecule has 1 saturated heterocycles. The van der Waals surface area contributed by atoms with Gasteiger partial charge in [-0.05, 0) is 56.3 Å². The fourth-order valence-corrected chi connectivity index (χ4v) is 4.04. The predicted octanol–water partition coefficient (Wildman–Crippen LogP) is 4.70. The Bertz CT molecular complexity index is 1040. The van der Waals surface area contributed by atoms with E-state index in [0.29, 0.717) is 13.2 Å². The number of nitrogens with one attached hydrogen (secondary N) is 1. The largest absolute Gasteiger partial charge is 0.488 e. The monoisotopic (exact) mass is 375 g/mol. The van der Waals surface area contributed by atoms with Gasteiger partial charge in [0.25, 0.3) is 0 Å². The molecular formula is C23H23N2O3+. The van der Waals surface area contributed by atoms with Crippen LogP contribution < -0.4 is 10.1 Å². The number of anilines is 1. The van der Waals surface area contributed by atoms with E-state index in [4.69, 9.17) is 9.15 Å². The number of hydrogen-bond acceptors (Lipinski definition) is 3. The normalized spacial score (nSPS) is 16.1. The Balaban J connectivity index is 1.42. The number of fused-ring (bicyclic) bond motifs is 4. The molecule has 1 fully saturated rings. The molecule has 0 bridgehead atoms. The van der Waals surface area contributed by atoms with Gasteiger partial charge in [-0.3, -0.25) is 9.69 Å². The highest BCUT2D eigenvalue weighted by Gasteiger charge is 2.29. The van der Waals surface area contributed by atoms with Crippen molar-refractivity contribution in [2.24, 2.45) is 0 Å². The third-order valence-electron chi connectivity index (χ3n) is 5.46. The van der Waals surface area contributed by atoms with Crippen molar-refractivity contribution in [3.63, 3.8) is 0 Å². The van der Waals surface area contributed by atoms with Crippen molar-refractivity contribution >= 4 is 22.6 Å². The summed E-state index contributed by atoms with van der Waals surface area (Å²) >= 11 is 0. The standard InChI is InChI=1S/C23H22N2O3/c26-22(14-25-10-4-1-5-11-25)24-18-8-9-21-19(13-18)23-17(15-27-21)12-16-6-2-3-7-20(16)28-23/h2-3,6-9,12-13H,1,4-5,10-11,14-15H2/p+1. The molecule has 5 nitrogen and oxygen atoms in total. The molecule has 0 unspecified atom stereocenters. The van der Waals surface area contributed by atoms with E-state index in [1.54, 1.807) is 0 Å². The SMILES string of the molecule is O=C(CN1CCCCC1)Nc1ccc2c(c1)-c1[o+]c3ccccc3cc1CO2. The molecule has 28 heavy (non-hydrogen) atoms. The molecule has 0 atom stereocenters. The quantitative estimate of drug-likeness (QED) is 0.675. The first kappa shape index (κ1) is 17.2. The lowest BCUT2D eigenvalue weighted by atomic mass is 10.0. The first-order valence-electron chi connectivity index (χ1n) is 9.90. The van der Waals surface area contributed by atoms with Gasteiger partial charge in [-0.15, -0.1) is 0 Å². The Morgan fingerprint density at radius 2 is 1.93 bits per heavy atom. The summed E-state index contributed by atoms with van der Waals surface area (Å²) < 4.78 is 12.1. The summed E-state index contributed by atoms with van der Waals surface area (Å²) in [4.78, 5) is 14.7. The van der Waals surface area contributed by atoms with E-state index < -0.39 is 0 Å². The smallest absolute Gasteiger partial charge is 0.371 e. The minimum atomic E-state index is 0.0225. The van der Waals surface area contributed by atoms with Gasteiger partial charge in [-0.1, -0.05) is 18.6 Å². The molecule has 1 amide bonds. The van der Waals surface area contributed by atoms with E-state index in [2.05, 4.69) is 16.3 Å². The van der Waals surface area contributed by atoms with Gasteiger partial charge < -0.3 is 10.1 Å². The van der Waals surface area contributed by atoms with E-state index in [1.165, 1.54) is 19.3 Å². The van der Waals surface area contributed by atoms with Crippen molar-refractivity contribution in [3.05, 3.63) is 54.1 Å². The zero-order chi connectivity index (χ0) is 18.9. The van der Waals surface area contributed by atoms with Gasteiger partial charge in [-0.25, -0.2) is 4.42 Å². The van der Waals surface area contributed by atoms with Crippen LogP contribution in [0.3, 0.4) is 0 Å². The van der Waals surface area contributed by atoms with Crippen LogP contribution >= 0.6 is 0 Å². The molecule has 142 valence electrons. The van der Waals surface area contributed by atoms with Crippen LogP contribution in [0.1, 0.15) is 24.8 Å². The van der Waals surface area contributed by atoms with Gasteiger partial charge in [-0.2, -0.15) is 0 Å². The number of benzene rings is 2. The van der Waals surface area contributed by atoms with Crippen molar-refractivity contribution in [2.75, 3.05) is 25.0 Å². The zero-order valence-corrected chi connectivity index (χ0v) is 15.7. The predicted molar refractivity (Wildman–Crippen MR) is 109 cm³/mol. The molecule has 1 aromatic heterocycles. The molecule has 2 aromatic carbocycles. The Morgan fingerprint density at radius 3 is 2.82 bits per heavy atom. The number of carbonyl (C=O) groups excluding carboxylic acids is 1. The zero-order valence-electron chi connectivity index (χ0n) is 15.7. The maximum absolute atomic E-state index is 12.5. The lowest BCUT2D eigenvalue weighted by Crippen LogP contribution is -2.36. The van der Waals surface area contributed by atoms with Crippen molar-refractivity contribution in [1.82, 2.24) is 4.90 Å². The number of hydrogen-bond donors (Lipinski definition) is 1. The van der Waals surface area contributed by atoms with E-state index >= 15 is 0 Å². The second-order valence-corrected chi connectivity index (χ2v) is 7.52. The second kappa shape index (κ2) is 7.24. The highest BCUT2D eigenvalue weighted by Crippen LogP contribution is 2.40. The summed E-state index contributed by atoms with van der Waals surface area (Å²) in [5, 5.41) is 4.08. The summed E-state index contributed by atoms with van der Waals surface area (Å²) in [7, 11) is 0. The number of likely N-dealkylation sites (tertiary alicyclic amines) is 1. The first-order valence-corrected chi connectivity index (χ1v) is 9.90. The number of amides is 1. The first-order chi connectivity index (χ1) is 13.8. The molecule has 3 heterocycles. The lowest BCUT2D eigenvalue weighted by Gasteiger charge is -2.25. The molecule has 0 aliphatic carbocycles. The second-order valence-electron chi connectivity index (χ2n) is 7.52. The molecule has 2 aliphatic rings. The number of rotatable bonds is 3. The van der Waals surface area contributed by atoms with Gasteiger partial charge in [0.1, 0.15) is 17.9 Å². The number of ether oxygens (including phenoxy) is 1. The summed E-state index contributed by atoms with van der Waals surface area (Å²) in [6, 6.07) is 15.8. The lowest BCUT2D eigenvalue weighted by molar-refractivity contribution is -0.117. The molecular weight excluding hydrogens is 352 g/mol. The number of nitrogens with zero attached hydrogens (tertiary/aromatic N) is 1. The maximum atomic E-state index is 12.5. The van der Waals surface area contributed by atoms with E-state index in [1.807, 2.05) is 42.5 Å². The molecule has 5 heteroatoms. The average Bonchev–Trinajstić information content (AvgIpc) is 2.73. The van der Waals surface area contributed by atoms with Crippen LogP contribution in [0.15, 0.2) is 52.9 Å². The summed E-state index contributed by atoms with van der Waals surface area (Å²) in [6.45, 7) is 2.94. The Kier molecular flexibility index (Phi) is 4.45. The van der Waals surface area contributed by atoms with Crippen molar-refractivity contribution < 1.29 is 13.9 Å². The minimum absolute atomic E-state index is 0.0225. The average molecular weight is 375 g/mol. The van der Waals surface area contributed by atoms with E-state index in [9.17, 15) is 4.79 Å². The number of para-hydroxylation sites is 1. The minimum Gasteiger partial charge on any atom is -0.488 e. The summed E-state index contributed by atoms with van der Waals surface area (Å²) in [6.07, 6.45) is 3.62. The van der Waals surface area contributed by atoms with Crippen LogP contribution in [-0.4, -0.2) is 30.4 Å². The van der Waals surface area contributed by atoms with Gasteiger partial charge in [0, 0.05) is 11.8 Å². The van der Waals surface area contributed by atoms with Gasteiger partial charge in [0.15, 0.2) is 0 Å². The van der Waals surface area contributed by atoms with Crippen LogP contribution in [0.25, 0.3) is 22.3 Å². The van der Waals surface area contributed by atoms with Gasteiger partial charge in [0.2, 0.25) is 5.91 Å². The molecule has 5 rings (SSSR count). The maximum Gasteiger partial charge on any atom is 0.371 e. The van der Waals surface area contributed by atoms with E-state index in [0.717, 1.165) is 52.4 Å². The molecule has 0 saturated carbocycles. The van der Waals surface area contributed by atoms with Crippen LogP contribution in [0.2, 0.25) is 0 Å². The Morgan fingerprint density at radius 1 is 1.07 bits per heavy atom. The Labute approximate surface area is 163 Å². The van der Waals surface area contributed by atoms with E-state index in [-0.39, 0.29) is 5.91 Å². The van der Waals surface area contributed by atoms with Crippen LogP contribution in [0.4, 0.5) is 5.69 Å². The van der Waals surface area contributed by atoms with Crippen LogP contribution in [-0.2, 0) is 11.4 Å². The van der Waals surface area contributed by atoms with Gasteiger partial charge in [0.05, 0.1) is 17.5 Å². The molecule has 2 aliphatic heterocycles. The number of piperidine rings is 1. The molecule has 3 aromatic rings. The highest BCUT2D eigenvalue weighted by molar-refractivity contribution is 5.93. The third-order valence-corrected chi connectivity index (χ3v) is 5.46. The molecule has 1 N–H and O–H groups in total. The summed E-state index contributed by atoms with van der Waals surface area (Å²) in [5.41, 5.74) is 3.50. The van der Waals surface area contributed by atoms with Crippen molar-refractivity contribution in [2.45, 2.75) is 25.9 Å². The highest BCUT2D eigenvalue weighted by atomic mass is 16.5. The third kappa shape index (κ3) is 3.34. The van der Waals surface area contributed by atoms with Gasteiger partial charge >= 0.3 is 11.3 Å². The van der Waals surface area contributed by atoms with Crippen LogP contribution in [0, 0.1) is 0 Å². The van der Waals surface area contributed by atoms with Crippen LogP contribution in [0.5, 0.6) is 5.75 Å². The fraction of sp³-hybridized carbons (Fsp3) is 0.304. The Hall–Kier alpha value is -2.92. The van der Waals surface area contributed by atoms with Crippen molar-refractivity contribution in [1.29, 1.82) is 0 Å². The number of carbonyl (C=O) groups is 1. The fourth-order valence-electron chi connectivity index (χ4n) is 4.04. The molecule has 0 spiro atoms. The molecule has 0 radical (unpaired) electrons. The van der Waals surface area contributed by atoms with Crippen molar-refractivity contribution in [3.8, 4) is 17.1 Å². The topological polar surface area (TPSA) is 52.9 Å².